The number of fused-ring (bicyclic) bond motifs is 1. The molecule has 2 heterocycles. The van der Waals surface area contributed by atoms with E-state index < -0.39 is 6.09 Å². The van der Waals surface area contributed by atoms with Crippen molar-refractivity contribution < 1.29 is 9.90 Å². The Morgan fingerprint density at radius 1 is 1.54 bits per heavy atom. The highest BCUT2D eigenvalue weighted by Crippen LogP contribution is 2.27. The molecule has 0 saturated carbocycles. The van der Waals surface area contributed by atoms with Crippen LogP contribution in [-0.2, 0) is 6.54 Å². The van der Waals surface area contributed by atoms with Gasteiger partial charge < -0.3 is 9.67 Å². The molecule has 130 valence electrons. The molecule has 0 spiro atoms. The van der Waals surface area contributed by atoms with Crippen LogP contribution in [0.15, 0.2) is 25.2 Å². The molecule has 0 unspecified atom stereocenters. The number of hydrogen-bond donors (Lipinski definition) is 1. The van der Waals surface area contributed by atoms with Gasteiger partial charge in [0.1, 0.15) is 17.1 Å². The highest BCUT2D eigenvalue weighted by atomic mass is 127. The molecular formula is C16H20ClIN4O2. The summed E-state index contributed by atoms with van der Waals surface area (Å²) in [6.07, 6.45) is 4.00. The van der Waals surface area contributed by atoms with Gasteiger partial charge in [-0.1, -0.05) is 38.4 Å². The third kappa shape index (κ3) is 4.18. The number of amides is 1. The standard InChI is InChI=1S/C16H20ClIN4O2/c1-5-10(22(15(23)24)8-16(2,3)4)6-21-7-11(18)12-13(17)19-9-20-14(12)21/h5,7,9-10H,1,6,8H2,2-4H3,(H,23,24)/t10-/m1/s1. The van der Waals surface area contributed by atoms with Crippen LogP contribution in [0.25, 0.3) is 11.0 Å². The van der Waals surface area contributed by atoms with Gasteiger partial charge in [-0.15, -0.1) is 6.58 Å². The number of carbonyl (C=O) groups is 1. The minimum Gasteiger partial charge on any atom is -0.465 e. The van der Waals surface area contributed by atoms with Crippen LogP contribution in [0.3, 0.4) is 0 Å². The largest absolute Gasteiger partial charge is 0.465 e. The van der Waals surface area contributed by atoms with E-state index in [-0.39, 0.29) is 11.5 Å². The summed E-state index contributed by atoms with van der Waals surface area (Å²) < 4.78 is 2.82. The average Bonchev–Trinajstić information content (AvgIpc) is 2.79. The van der Waals surface area contributed by atoms with E-state index in [1.807, 2.05) is 31.5 Å². The summed E-state index contributed by atoms with van der Waals surface area (Å²) >= 11 is 8.33. The van der Waals surface area contributed by atoms with Crippen LogP contribution >= 0.6 is 34.2 Å². The lowest BCUT2D eigenvalue weighted by Gasteiger charge is -2.33. The Morgan fingerprint density at radius 3 is 2.75 bits per heavy atom. The minimum absolute atomic E-state index is 0.154. The van der Waals surface area contributed by atoms with Gasteiger partial charge in [0.2, 0.25) is 0 Å². The van der Waals surface area contributed by atoms with Gasteiger partial charge in [-0.25, -0.2) is 14.8 Å². The first-order valence-electron chi connectivity index (χ1n) is 7.41. The van der Waals surface area contributed by atoms with Gasteiger partial charge in [0.25, 0.3) is 0 Å². The zero-order valence-corrected chi connectivity index (χ0v) is 16.7. The van der Waals surface area contributed by atoms with Crippen LogP contribution in [-0.4, -0.2) is 43.2 Å². The Kier molecular flexibility index (Phi) is 5.74. The predicted octanol–water partition coefficient (Wildman–Crippen LogP) is 4.27. The quantitative estimate of drug-likeness (QED) is 0.409. The zero-order valence-electron chi connectivity index (χ0n) is 13.8. The van der Waals surface area contributed by atoms with E-state index in [4.69, 9.17) is 11.6 Å². The molecule has 8 heteroatoms. The molecule has 0 aliphatic rings. The van der Waals surface area contributed by atoms with Crippen molar-refractivity contribution in [2.75, 3.05) is 6.54 Å². The van der Waals surface area contributed by atoms with E-state index >= 15 is 0 Å². The topological polar surface area (TPSA) is 71.2 Å². The lowest BCUT2D eigenvalue weighted by Crippen LogP contribution is -2.45. The summed E-state index contributed by atoms with van der Waals surface area (Å²) in [4.78, 5) is 21.4. The summed E-state index contributed by atoms with van der Waals surface area (Å²) in [6, 6.07) is -0.373. The second-order valence-electron chi connectivity index (χ2n) is 6.77. The maximum atomic E-state index is 11.7. The van der Waals surface area contributed by atoms with E-state index in [1.165, 1.54) is 11.2 Å². The lowest BCUT2D eigenvalue weighted by molar-refractivity contribution is 0.109. The molecule has 1 amide bonds. The maximum Gasteiger partial charge on any atom is 0.407 e. The van der Waals surface area contributed by atoms with E-state index in [0.29, 0.717) is 23.9 Å². The molecule has 2 aromatic heterocycles. The van der Waals surface area contributed by atoms with Crippen molar-refractivity contribution in [2.45, 2.75) is 33.4 Å². The molecule has 0 bridgehead atoms. The highest BCUT2D eigenvalue weighted by Gasteiger charge is 2.27. The second-order valence-corrected chi connectivity index (χ2v) is 8.29. The van der Waals surface area contributed by atoms with Crippen LogP contribution in [0.1, 0.15) is 20.8 Å². The molecule has 0 radical (unpaired) electrons. The molecular weight excluding hydrogens is 443 g/mol. The van der Waals surface area contributed by atoms with E-state index in [9.17, 15) is 9.90 Å². The Hall–Kier alpha value is -1.35. The molecule has 1 atom stereocenters. The van der Waals surface area contributed by atoms with Gasteiger partial charge in [-0.05, 0) is 28.0 Å². The lowest BCUT2D eigenvalue weighted by atomic mass is 9.95. The number of halogens is 2. The number of rotatable bonds is 5. The predicted molar refractivity (Wildman–Crippen MR) is 103 cm³/mol. The van der Waals surface area contributed by atoms with Gasteiger partial charge in [0.15, 0.2) is 0 Å². The molecule has 2 rings (SSSR count). The van der Waals surface area contributed by atoms with E-state index in [2.05, 4.69) is 39.1 Å². The summed E-state index contributed by atoms with van der Waals surface area (Å²) in [5.74, 6) is 0. The molecule has 0 aromatic carbocycles. The number of aromatic nitrogens is 3. The summed E-state index contributed by atoms with van der Waals surface area (Å²) in [5.41, 5.74) is 0.533. The molecule has 2 aromatic rings. The molecule has 0 aliphatic heterocycles. The minimum atomic E-state index is -0.964. The van der Waals surface area contributed by atoms with Crippen LogP contribution in [0.2, 0.25) is 5.15 Å². The first kappa shape index (κ1) is 19.0. The van der Waals surface area contributed by atoms with Crippen molar-refractivity contribution in [1.29, 1.82) is 0 Å². The fourth-order valence-corrected chi connectivity index (χ4v) is 3.74. The van der Waals surface area contributed by atoms with Crippen molar-refractivity contribution in [2.24, 2.45) is 5.41 Å². The summed E-state index contributed by atoms with van der Waals surface area (Å²) in [6.45, 7) is 10.7. The molecule has 1 N–H and O–H groups in total. The molecule has 0 fully saturated rings. The molecule has 0 aliphatic carbocycles. The van der Waals surface area contributed by atoms with Gasteiger partial charge in [-0.2, -0.15) is 0 Å². The fraction of sp³-hybridized carbons (Fsp3) is 0.438. The number of nitrogens with zero attached hydrogens (tertiary/aromatic N) is 4. The molecule has 6 nitrogen and oxygen atoms in total. The van der Waals surface area contributed by atoms with Crippen LogP contribution in [0.4, 0.5) is 4.79 Å². The van der Waals surface area contributed by atoms with Gasteiger partial charge in [-0.3, -0.25) is 4.90 Å². The van der Waals surface area contributed by atoms with Gasteiger partial charge >= 0.3 is 6.09 Å². The van der Waals surface area contributed by atoms with Crippen molar-refractivity contribution in [3.05, 3.63) is 33.9 Å². The average molecular weight is 463 g/mol. The molecule has 0 saturated heterocycles. The zero-order chi connectivity index (χ0) is 18.1. The van der Waals surface area contributed by atoms with Crippen molar-refractivity contribution >= 4 is 51.3 Å². The Labute approximate surface area is 159 Å². The monoisotopic (exact) mass is 462 g/mol. The van der Waals surface area contributed by atoms with Crippen LogP contribution in [0.5, 0.6) is 0 Å². The van der Waals surface area contributed by atoms with E-state index in [1.54, 1.807) is 6.08 Å². The normalized spacial score (nSPS) is 13.0. The van der Waals surface area contributed by atoms with Gasteiger partial charge in [0, 0.05) is 22.9 Å². The smallest absolute Gasteiger partial charge is 0.407 e. The summed E-state index contributed by atoms with van der Waals surface area (Å²) in [7, 11) is 0. The number of hydrogen-bond acceptors (Lipinski definition) is 3. The first-order valence-corrected chi connectivity index (χ1v) is 8.86. The third-order valence-electron chi connectivity index (χ3n) is 3.51. The van der Waals surface area contributed by atoms with Crippen LogP contribution in [0, 0.1) is 8.99 Å². The number of carboxylic acid groups (broad SMARTS) is 1. The van der Waals surface area contributed by atoms with Gasteiger partial charge in [0.05, 0.1) is 11.4 Å². The van der Waals surface area contributed by atoms with Crippen molar-refractivity contribution in [3.8, 4) is 0 Å². The maximum absolute atomic E-state index is 11.7. The Morgan fingerprint density at radius 2 is 2.21 bits per heavy atom. The third-order valence-corrected chi connectivity index (χ3v) is 4.61. The Balaban J connectivity index is 2.38. The molecule has 24 heavy (non-hydrogen) atoms. The van der Waals surface area contributed by atoms with Crippen LogP contribution < -0.4 is 0 Å². The Bertz CT molecular complexity index is 769. The fourth-order valence-electron chi connectivity index (χ4n) is 2.52. The van der Waals surface area contributed by atoms with Crippen molar-refractivity contribution in [1.82, 2.24) is 19.4 Å². The van der Waals surface area contributed by atoms with Crippen molar-refractivity contribution in [3.63, 3.8) is 0 Å². The highest BCUT2D eigenvalue weighted by molar-refractivity contribution is 14.1. The summed E-state index contributed by atoms with van der Waals surface area (Å²) in [5, 5.41) is 10.8. The first-order chi connectivity index (χ1) is 11.1. The second kappa shape index (κ2) is 7.26. The SMILES string of the molecule is C=C[C@H](Cn1cc(I)c2c(Cl)ncnc21)N(CC(C)(C)C)C(=O)O. The van der Waals surface area contributed by atoms with E-state index in [0.717, 1.165) is 8.96 Å².